The number of Topliss-reactive ketones (excluding diaryl/α,β-unsaturated/α-hetero) is 1. The first kappa shape index (κ1) is 16.0. The Morgan fingerprint density at radius 1 is 1.44 bits per heavy atom. The zero-order valence-corrected chi connectivity index (χ0v) is 12.4. The van der Waals surface area contributed by atoms with Crippen LogP contribution in [0.5, 0.6) is 0 Å². The molecular weight excluding hydrogens is 218 g/mol. The Balaban J connectivity index is 0.00000106. The maximum atomic E-state index is 11.4. The smallest absolute Gasteiger partial charge is 0.146 e. The number of carbonyl (C=O) groups excluding carboxylic acids is 1. The first-order chi connectivity index (χ1) is 7.61. The first-order valence-electron chi connectivity index (χ1n) is 6.33. The summed E-state index contributed by atoms with van der Waals surface area (Å²) in [6, 6.07) is 0.779. The van der Waals surface area contributed by atoms with Crippen LogP contribution in [0, 0.1) is 5.92 Å². The molecule has 16 heavy (non-hydrogen) atoms. The third-order valence-electron chi connectivity index (χ3n) is 3.42. The zero-order chi connectivity index (χ0) is 12.7. The number of carbonyl (C=O) groups is 1. The van der Waals surface area contributed by atoms with Crippen LogP contribution in [0.2, 0.25) is 0 Å². The van der Waals surface area contributed by atoms with E-state index in [2.05, 4.69) is 25.1 Å². The molecule has 0 spiro atoms. The molecule has 0 aliphatic carbocycles. The van der Waals surface area contributed by atoms with E-state index in [-0.39, 0.29) is 6.04 Å². The highest BCUT2D eigenvalue weighted by Gasteiger charge is 2.39. The Kier molecular flexibility index (Phi) is 8.12. The lowest BCUT2D eigenvalue weighted by atomic mass is 9.96. The van der Waals surface area contributed by atoms with Crippen molar-refractivity contribution < 1.29 is 4.79 Å². The fourth-order valence-electron chi connectivity index (χ4n) is 2.49. The van der Waals surface area contributed by atoms with Crippen LogP contribution in [0.15, 0.2) is 0 Å². The van der Waals surface area contributed by atoms with Crippen LogP contribution in [-0.2, 0) is 4.79 Å². The molecular formula is C13H27NOS. The van der Waals surface area contributed by atoms with Crippen LogP contribution in [0.1, 0.15) is 40.5 Å². The minimum Gasteiger partial charge on any atom is -0.298 e. The summed E-state index contributed by atoms with van der Waals surface area (Å²) in [6.07, 6.45) is 4.40. The predicted octanol–water partition coefficient (Wildman–Crippen LogP) is 3.06. The van der Waals surface area contributed by atoms with Crippen molar-refractivity contribution in [2.24, 2.45) is 5.92 Å². The number of nitrogens with zero attached hydrogens (tertiary/aromatic N) is 1. The van der Waals surface area contributed by atoms with Gasteiger partial charge in [0.15, 0.2) is 0 Å². The summed E-state index contributed by atoms with van der Waals surface area (Å²) in [5, 5.41) is 0. The highest BCUT2D eigenvalue weighted by Crippen LogP contribution is 2.32. The molecule has 1 heterocycles. The fraction of sp³-hybridized carbons (Fsp3) is 0.923. The van der Waals surface area contributed by atoms with Gasteiger partial charge in [0.05, 0.1) is 6.04 Å². The highest BCUT2D eigenvalue weighted by atomic mass is 32.2. The lowest BCUT2D eigenvalue weighted by Gasteiger charge is -2.25. The van der Waals surface area contributed by atoms with Crippen LogP contribution < -0.4 is 0 Å². The molecule has 3 atom stereocenters. The average molecular weight is 245 g/mol. The molecule has 0 N–H and O–H groups in total. The van der Waals surface area contributed by atoms with Gasteiger partial charge >= 0.3 is 0 Å². The van der Waals surface area contributed by atoms with Gasteiger partial charge in [-0.15, -0.1) is 0 Å². The summed E-state index contributed by atoms with van der Waals surface area (Å²) in [5.41, 5.74) is 0. The van der Waals surface area contributed by atoms with Gasteiger partial charge in [-0.2, -0.15) is 11.8 Å². The van der Waals surface area contributed by atoms with Crippen LogP contribution in [-0.4, -0.2) is 41.8 Å². The number of thioether (sulfide) groups is 1. The van der Waals surface area contributed by atoms with E-state index in [9.17, 15) is 4.79 Å². The molecule has 0 radical (unpaired) electrons. The summed E-state index contributed by atoms with van der Waals surface area (Å²) in [7, 11) is 2.10. The van der Waals surface area contributed by atoms with Gasteiger partial charge in [0.25, 0.3) is 0 Å². The summed E-state index contributed by atoms with van der Waals surface area (Å²) in [6.45, 7) is 7.95. The normalized spacial score (nSPS) is 29.8. The Morgan fingerprint density at radius 3 is 2.38 bits per heavy atom. The zero-order valence-electron chi connectivity index (χ0n) is 11.6. The largest absolute Gasteiger partial charge is 0.298 e. The van der Waals surface area contributed by atoms with Gasteiger partial charge in [0, 0.05) is 11.8 Å². The van der Waals surface area contributed by atoms with Crippen LogP contribution in [0.4, 0.5) is 0 Å². The van der Waals surface area contributed by atoms with Gasteiger partial charge in [0.1, 0.15) is 5.78 Å². The molecule has 0 amide bonds. The van der Waals surface area contributed by atoms with Gasteiger partial charge in [-0.05, 0) is 32.6 Å². The third-order valence-corrected chi connectivity index (χ3v) is 4.09. The Bertz CT molecular complexity index is 208. The molecule has 3 heteroatoms. The fourth-order valence-corrected chi connectivity index (χ4v) is 3.34. The summed E-state index contributed by atoms with van der Waals surface area (Å²) >= 11 is 1.88. The van der Waals surface area contributed by atoms with Crippen molar-refractivity contribution in [1.29, 1.82) is 0 Å². The molecule has 0 aromatic heterocycles. The average Bonchev–Trinajstić information content (AvgIpc) is 2.60. The summed E-state index contributed by atoms with van der Waals surface area (Å²) in [4.78, 5) is 13.7. The molecule has 1 aliphatic rings. The van der Waals surface area contributed by atoms with E-state index >= 15 is 0 Å². The maximum absolute atomic E-state index is 11.4. The number of ketones is 1. The molecule has 96 valence electrons. The van der Waals surface area contributed by atoms with Gasteiger partial charge in [0.2, 0.25) is 0 Å². The van der Waals surface area contributed by atoms with E-state index < -0.39 is 0 Å². The van der Waals surface area contributed by atoms with Crippen molar-refractivity contribution in [1.82, 2.24) is 4.90 Å². The van der Waals surface area contributed by atoms with Crippen molar-refractivity contribution in [3.63, 3.8) is 0 Å². The van der Waals surface area contributed by atoms with Crippen molar-refractivity contribution in [2.75, 3.05) is 19.1 Å². The second-order valence-corrected chi connectivity index (χ2v) is 5.13. The van der Waals surface area contributed by atoms with Gasteiger partial charge in [-0.1, -0.05) is 27.2 Å². The van der Waals surface area contributed by atoms with Crippen LogP contribution in [0.25, 0.3) is 0 Å². The molecule has 2 nitrogen and oxygen atoms in total. The molecule has 1 saturated heterocycles. The standard InChI is InChI=1S/C11H21NOS.C2H6/c1-5-9-6-10(8(2)13)12(3)11(9)7-14-4;1-2/h9-11H,5-7H2,1-4H3;1-2H3. The Morgan fingerprint density at radius 2 is 2.00 bits per heavy atom. The molecule has 3 unspecified atom stereocenters. The lowest BCUT2D eigenvalue weighted by Crippen LogP contribution is -2.38. The van der Waals surface area contributed by atoms with E-state index in [0.29, 0.717) is 17.7 Å². The Hall–Kier alpha value is -0.0200. The summed E-state index contributed by atoms with van der Waals surface area (Å²) in [5.74, 6) is 2.19. The lowest BCUT2D eigenvalue weighted by molar-refractivity contribution is -0.121. The van der Waals surface area contributed by atoms with Crippen molar-refractivity contribution in [3.05, 3.63) is 0 Å². The first-order valence-corrected chi connectivity index (χ1v) is 7.72. The van der Waals surface area contributed by atoms with Crippen molar-refractivity contribution >= 4 is 17.5 Å². The monoisotopic (exact) mass is 245 g/mol. The molecule has 0 bridgehead atoms. The quantitative estimate of drug-likeness (QED) is 0.759. The van der Waals surface area contributed by atoms with Crippen LogP contribution >= 0.6 is 11.8 Å². The topological polar surface area (TPSA) is 20.3 Å². The van der Waals surface area contributed by atoms with Crippen molar-refractivity contribution in [3.8, 4) is 0 Å². The van der Waals surface area contributed by atoms with E-state index in [1.807, 2.05) is 25.6 Å². The van der Waals surface area contributed by atoms with Gasteiger partial charge in [-0.3, -0.25) is 9.69 Å². The molecule has 1 aliphatic heterocycles. The second kappa shape index (κ2) is 8.13. The molecule has 1 fully saturated rings. The van der Waals surface area contributed by atoms with E-state index in [4.69, 9.17) is 0 Å². The highest BCUT2D eigenvalue weighted by molar-refractivity contribution is 7.98. The number of hydrogen-bond donors (Lipinski definition) is 0. The number of rotatable bonds is 4. The maximum Gasteiger partial charge on any atom is 0.146 e. The third kappa shape index (κ3) is 3.77. The number of hydrogen-bond acceptors (Lipinski definition) is 3. The number of likely N-dealkylation sites (N-methyl/N-ethyl adjacent to an activating group) is 1. The van der Waals surface area contributed by atoms with E-state index in [0.717, 1.165) is 12.2 Å². The van der Waals surface area contributed by atoms with E-state index in [1.54, 1.807) is 6.92 Å². The predicted molar refractivity (Wildman–Crippen MR) is 74.1 cm³/mol. The molecule has 0 saturated carbocycles. The second-order valence-electron chi connectivity index (χ2n) is 4.22. The molecule has 1 rings (SSSR count). The minimum absolute atomic E-state index is 0.178. The van der Waals surface area contributed by atoms with Crippen molar-refractivity contribution in [2.45, 2.75) is 52.6 Å². The van der Waals surface area contributed by atoms with Gasteiger partial charge < -0.3 is 0 Å². The Labute approximate surface area is 105 Å². The summed E-state index contributed by atoms with van der Waals surface area (Å²) < 4.78 is 0. The van der Waals surface area contributed by atoms with Gasteiger partial charge in [-0.25, -0.2) is 0 Å². The molecule has 0 aromatic carbocycles. The minimum atomic E-state index is 0.178. The van der Waals surface area contributed by atoms with Crippen LogP contribution in [0.3, 0.4) is 0 Å². The SMILES string of the molecule is CC.CCC1CC(C(C)=O)N(C)C1CSC. The number of likely N-dealkylation sites (tertiary alicyclic amines) is 1. The molecule has 0 aromatic rings. The van der Waals surface area contributed by atoms with E-state index in [1.165, 1.54) is 6.42 Å².